The third kappa shape index (κ3) is 5.38. The molecule has 0 aliphatic heterocycles. The molecule has 0 unspecified atom stereocenters. The fourth-order valence-electron chi connectivity index (χ4n) is 2.02. The van der Waals surface area contributed by atoms with Crippen LogP contribution in [0.5, 0.6) is 0 Å². The van der Waals surface area contributed by atoms with Crippen LogP contribution in [0.3, 0.4) is 0 Å². The van der Waals surface area contributed by atoms with Gasteiger partial charge in [0.2, 0.25) is 0 Å². The Balaban J connectivity index is 2.32. The van der Waals surface area contributed by atoms with Gasteiger partial charge < -0.3 is 10.6 Å². The smallest absolute Gasteiger partial charge is 0.191 e. The largest absolute Gasteiger partial charge is 0.357 e. The van der Waals surface area contributed by atoms with Crippen LogP contribution in [0.4, 0.5) is 0 Å². The average Bonchev–Trinajstić information content (AvgIpc) is 2.70. The first-order valence-corrected chi connectivity index (χ1v) is 6.77. The molecule has 0 amide bonds. The molecule has 0 spiro atoms. The van der Waals surface area contributed by atoms with E-state index in [2.05, 4.69) is 36.4 Å². The van der Waals surface area contributed by atoms with Crippen molar-refractivity contribution in [3.05, 3.63) is 0 Å². The van der Waals surface area contributed by atoms with E-state index < -0.39 is 0 Å². The molecule has 1 rings (SSSR count). The van der Waals surface area contributed by atoms with Crippen molar-refractivity contribution >= 4 is 5.96 Å². The fourth-order valence-corrected chi connectivity index (χ4v) is 2.02. The lowest BCUT2D eigenvalue weighted by molar-refractivity contribution is 0.585. The van der Waals surface area contributed by atoms with Crippen LogP contribution in [0.15, 0.2) is 4.99 Å². The molecule has 0 radical (unpaired) electrons. The Kier molecular flexibility index (Phi) is 6.27. The van der Waals surface area contributed by atoms with Gasteiger partial charge in [0, 0.05) is 19.1 Å². The van der Waals surface area contributed by atoms with Crippen LogP contribution < -0.4 is 10.6 Å². The minimum atomic E-state index is 0.650. The van der Waals surface area contributed by atoms with E-state index in [9.17, 15) is 0 Å². The van der Waals surface area contributed by atoms with Gasteiger partial charge in [-0.2, -0.15) is 0 Å². The van der Waals surface area contributed by atoms with Gasteiger partial charge in [-0.1, -0.05) is 26.7 Å². The van der Waals surface area contributed by atoms with Gasteiger partial charge in [0.15, 0.2) is 5.96 Å². The van der Waals surface area contributed by atoms with Gasteiger partial charge in [-0.25, -0.2) is 0 Å². The Labute approximate surface area is 100 Å². The third-order valence-corrected chi connectivity index (χ3v) is 3.02. The highest BCUT2D eigenvalue weighted by molar-refractivity contribution is 5.80. The van der Waals surface area contributed by atoms with Gasteiger partial charge in [-0.3, -0.25) is 4.99 Å². The zero-order chi connectivity index (χ0) is 11.8. The summed E-state index contributed by atoms with van der Waals surface area (Å²) < 4.78 is 0. The number of nitrogens with zero attached hydrogens (tertiary/aromatic N) is 1. The summed E-state index contributed by atoms with van der Waals surface area (Å²) in [5.74, 6) is 1.74. The van der Waals surface area contributed by atoms with E-state index >= 15 is 0 Å². The summed E-state index contributed by atoms with van der Waals surface area (Å²) in [6.45, 7) is 8.48. The number of nitrogens with one attached hydrogen (secondary N) is 2. The van der Waals surface area contributed by atoms with Crippen LogP contribution in [0, 0.1) is 5.92 Å². The molecular weight excluding hydrogens is 198 g/mol. The third-order valence-electron chi connectivity index (χ3n) is 3.02. The lowest BCUT2D eigenvalue weighted by atomic mass is 10.1. The number of aliphatic imine (C=N–C) groups is 1. The molecule has 1 aliphatic carbocycles. The average molecular weight is 225 g/mol. The SMILES string of the molecule is CCNC(=NCCC(C)C)NC1CCCC1. The topological polar surface area (TPSA) is 36.4 Å². The van der Waals surface area contributed by atoms with Gasteiger partial charge in [-0.15, -0.1) is 0 Å². The molecule has 0 heterocycles. The molecule has 1 aliphatic rings. The first kappa shape index (κ1) is 13.3. The number of hydrogen-bond donors (Lipinski definition) is 2. The molecule has 1 saturated carbocycles. The van der Waals surface area contributed by atoms with E-state index in [0.29, 0.717) is 6.04 Å². The zero-order valence-corrected chi connectivity index (χ0v) is 11.1. The molecule has 0 aromatic carbocycles. The highest BCUT2D eigenvalue weighted by Crippen LogP contribution is 2.17. The van der Waals surface area contributed by atoms with Crippen LogP contribution in [-0.2, 0) is 0 Å². The summed E-state index contributed by atoms with van der Waals surface area (Å²) >= 11 is 0. The van der Waals surface area contributed by atoms with Crippen LogP contribution in [-0.4, -0.2) is 25.1 Å². The quantitative estimate of drug-likeness (QED) is 0.557. The monoisotopic (exact) mass is 225 g/mol. The minimum absolute atomic E-state index is 0.650. The van der Waals surface area contributed by atoms with E-state index in [1.165, 1.54) is 32.1 Å². The van der Waals surface area contributed by atoms with E-state index in [-0.39, 0.29) is 0 Å². The molecule has 0 aromatic heterocycles. The van der Waals surface area contributed by atoms with Crippen molar-refractivity contribution in [3.63, 3.8) is 0 Å². The highest BCUT2D eigenvalue weighted by Gasteiger charge is 2.15. The summed E-state index contributed by atoms with van der Waals surface area (Å²) in [5.41, 5.74) is 0. The molecule has 0 saturated heterocycles. The Morgan fingerprint density at radius 2 is 2.00 bits per heavy atom. The van der Waals surface area contributed by atoms with Crippen molar-refractivity contribution in [2.45, 2.75) is 58.9 Å². The van der Waals surface area contributed by atoms with Crippen molar-refractivity contribution in [1.82, 2.24) is 10.6 Å². The van der Waals surface area contributed by atoms with Crippen molar-refractivity contribution < 1.29 is 0 Å². The van der Waals surface area contributed by atoms with E-state index in [1.807, 2.05) is 0 Å². The van der Waals surface area contributed by atoms with Gasteiger partial charge in [0.1, 0.15) is 0 Å². The number of hydrogen-bond acceptors (Lipinski definition) is 1. The fraction of sp³-hybridized carbons (Fsp3) is 0.923. The van der Waals surface area contributed by atoms with Gasteiger partial charge >= 0.3 is 0 Å². The molecule has 1 fully saturated rings. The number of rotatable bonds is 5. The Morgan fingerprint density at radius 1 is 1.31 bits per heavy atom. The molecule has 94 valence electrons. The molecule has 3 heteroatoms. The molecule has 3 nitrogen and oxygen atoms in total. The predicted octanol–water partition coefficient (Wildman–Crippen LogP) is 2.53. The van der Waals surface area contributed by atoms with Gasteiger partial charge in [-0.05, 0) is 32.1 Å². The molecule has 0 bridgehead atoms. The van der Waals surface area contributed by atoms with E-state index in [0.717, 1.165) is 25.0 Å². The van der Waals surface area contributed by atoms with Crippen LogP contribution in [0.2, 0.25) is 0 Å². The predicted molar refractivity (Wildman–Crippen MR) is 70.8 cm³/mol. The Bertz CT molecular complexity index is 205. The lowest BCUT2D eigenvalue weighted by Gasteiger charge is -2.16. The van der Waals surface area contributed by atoms with Crippen LogP contribution >= 0.6 is 0 Å². The minimum Gasteiger partial charge on any atom is -0.357 e. The molecular formula is C13H27N3. The van der Waals surface area contributed by atoms with E-state index in [4.69, 9.17) is 0 Å². The molecule has 0 atom stereocenters. The van der Waals surface area contributed by atoms with E-state index in [1.54, 1.807) is 0 Å². The summed E-state index contributed by atoms with van der Waals surface area (Å²) in [6.07, 6.45) is 6.50. The second-order valence-electron chi connectivity index (χ2n) is 5.07. The normalized spacial score (nSPS) is 18.1. The zero-order valence-electron chi connectivity index (χ0n) is 11.1. The first-order valence-electron chi connectivity index (χ1n) is 6.77. The lowest BCUT2D eigenvalue weighted by Crippen LogP contribution is -2.42. The molecule has 16 heavy (non-hydrogen) atoms. The van der Waals surface area contributed by atoms with Crippen LogP contribution in [0.1, 0.15) is 52.9 Å². The highest BCUT2D eigenvalue weighted by atomic mass is 15.2. The standard InChI is InChI=1S/C13H27N3/c1-4-14-13(15-10-9-11(2)3)16-12-7-5-6-8-12/h11-12H,4-10H2,1-3H3,(H2,14,15,16). The number of guanidine groups is 1. The summed E-state index contributed by atoms with van der Waals surface area (Å²) in [7, 11) is 0. The summed E-state index contributed by atoms with van der Waals surface area (Å²) in [4.78, 5) is 4.61. The molecule has 2 N–H and O–H groups in total. The van der Waals surface area contributed by atoms with Crippen molar-refractivity contribution in [3.8, 4) is 0 Å². The van der Waals surface area contributed by atoms with Gasteiger partial charge in [0.25, 0.3) is 0 Å². The van der Waals surface area contributed by atoms with Gasteiger partial charge in [0.05, 0.1) is 0 Å². The summed E-state index contributed by atoms with van der Waals surface area (Å²) in [6, 6.07) is 0.650. The Hall–Kier alpha value is -0.730. The maximum atomic E-state index is 4.61. The van der Waals surface area contributed by atoms with Crippen molar-refractivity contribution in [2.24, 2.45) is 10.9 Å². The first-order chi connectivity index (χ1) is 7.72. The second kappa shape index (κ2) is 7.53. The molecule has 0 aromatic rings. The Morgan fingerprint density at radius 3 is 2.56 bits per heavy atom. The maximum Gasteiger partial charge on any atom is 0.191 e. The van der Waals surface area contributed by atoms with Crippen molar-refractivity contribution in [1.29, 1.82) is 0 Å². The second-order valence-corrected chi connectivity index (χ2v) is 5.07. The summed E-state index contributed by atoms with van der Waals surface area (Å²) in [5, 5.41) is 6.85. The van der Waals surface area contributed by atoms with Crippen LogP contribution in [0.25, 0.3) is 0 Å². The maximum absolute atomic E-state index is 4.61. The van der Waals surface area contributed by atoms with Crippen molar-refractivity contribution in [2.75, 3.05) is 13.1 Å².